The number of carbonyl (C=O) groups excluding carboxylic acids is 1. The van der Waals surface area contributed by atoms with E-state index in [-0.39, 0.29) is 5.41 Å². The zero-order valence-corrected chi connectivity index (χ0v) is 11.8. The molecule has 0 aliphatic heterocycles. The number of ether oxygens (including phenoxy) is 1. The fourth-order valence-corrected chi connectivity index (χ4v) is 2.35. The lowest BCUT2D eigenvalue weighted by molar-refractivity contribution is 0.246. The van der Waals surface area contributed by atoms with E-state index in [1.807, 2.05) is 13.0 Å². The third kappa shape index (κ3) is 3.15. The lowest BCUT2D eigenvalue weighted by atomic mass is 9.80. The Morgan fingerprint density at radius 1 is 1.39 bits per heavy atom. The molecule has 18 heavy (non-hydrogen) atoms. The number of carbonyl (C=O) groups is 1. The second kappa shape index (κ2) is 5.29. The van der Waals surface area contributed by atoms with Crippen LogP contribution in [0.4, 0.5) is 4.79 Å². The van der Waals surface area contributed by atoms with Gasteiger partial charge in [-0.05, 0) is 31.0 Å². The monoisotopic (exact) mass is 250 g/mol. The van der Waals surface area contributed by atoms with Crippen LogP contribution in [0.3, 0.4) is 0 Å². The van der Waals surface area contributed by atoms with Crippen LogP contribution in [0.5, 0.6) is 5.75 Å². The van der Waals surface area contributed by atoms with Gasteiger partial charge >= 0.3 is 6.03 Å². The average Bonchev–Trinajstić information content (AvgIpc) is 2.24. The van der Waals surface area contributed by atoms with Crippen LogP contribution in [0.2, 0.25) is 0 Å². The molecule has 0 aliphatic rings. The minimum absolute atomic E-state index is 0.238. The number of amides is 2. The smallest absolute Gasteiger partial charge is 0.312 e. The topological polar surface area (TPSA) is 64.3 Å². The molecule has 0 heterocycles. The zero-order valence-electron chi connectivity index (χ0n) is 11.8. The molecule has 0 radical (unpaired) electrons. The molecule has 1 rings (SSSR count). The molecule has 0 spiro atoms. The van der Waals surface area contributed by atoms with Crippen molar-refractivity contribution in [2.24, 2.45) is 5.73 Å². The van der Waals surface area contributed by atoms with Crippen LogP contribution < -0.4 is 15.8 Å². The Morgan fingerprint density at radius 3 is 2.50 bits per heavy atom. The Hall–Kier alpha value is -1.71. The Bertz CT molecular complexity index is 453. The van der Waals surface area contributed by atoms with E-state index in [1.165, 1.54) is 0 Å². The van der Waals surface area contributed by atoms with Crippen molar-refractivity contribution in [2.45, 2.75) is 33.1 Å². The molecule has 3 N–H and O–H groups in total. The van der Waals surface area contributed by atoms with Crippen LogP contribution in [-0.4, -0.2) is 19.7 Å². The first-order chi connectivity index (χ1) is 8.27. The quantitative estimate of drug-likeness (QED) is 0.861. The molecule has 0 unspecified atom stereocenters. The van der Waals surface area contributed by atoms with Crippen LogP contribution in [0.25, 0.3) is 0 Å². The van der Waals surface area contributed by atoms with Crippen molar-refractivity contribution in [3.05, 3.63) is 28.8 Å². The van der Waals surface area contributed by atoms with Gasteiger partial charge < -0.3 is 15.8 Å². The average molecular weight is 250 g/mol. The van der Waals surface area contributed by atoms with Crippen molar-refractivity contribution < 1.29 is 9.53 Å². The lowest BCUT2D eigenvalue weighted by Crippen LogP contribution is -2.40. The standard InChI is InChI=1S/C14H22N2O2/c1-9-6-10(2)12(11(7-9)18-5)14(3,4)8-16-13(15)17/h6-7H,8H2,1-5H3,(H3,15,16,17). The predicted octanol–water partition coefficient (Wildman–Crippen LogP) is 2.26. The van der Waals surface area contributed by atoms with E-state index >= 15 is 0 Å². The van der Waals surface area contributed by atoms with E-state index in [2.05, 4.69) is 32.2 Å². The first-order valence-corrected chi connectivity index (χ1v) is 5.97. The summed E-state index contributed by atoms with van der Waals surface area (Å²) in [7, 11) is 1.66. The number of rotatable bonds is 4. The number of methoxy groups -OCH3 is 1. The summed E-state index contributed by atoms with van der Waals surface area (Å²) in [6.07, 6.45) is 0. The van der Waals surface area contributed by atoms with Gasteiger partial charge in [-0.1, -0.05) is 19.9 Å². The zero-order chi connectivity index (χ0) is 13.9. The summed E-state index contributed by atoms with van der Waals surface area (Å²) >= 11 is 0. The van der Waals surface area contributed by atoms with Gasteiger partial charge in [0.2, 0.25) is 0 Å². The number of nitrogens with one attached hydrogen (secondary N) is 1. The highest BCUT2D eigenvalue weighted by molar-refractivity contribution is 5.71. The van der Waals surface area contributed by atoms with E-state index in [0.29, 0.717) is 6.54 Å². The van der Waals surface area contributed by atoms with Gasteiger partial charge in [-0.15, -0.1) is 0 Å². The van der Waals surface area contributed by atoms with Crippen LogP contribution in [0.1, 0.15) is 30.5 Å². The number of nitrogens with two attached hydrogens (primary N) is 1. The van der Waals surface area contributed by atoms with E-state index in [4.69, 9.17) is 10.5 Å². The molecular weight excluding hydrogens is 228 g/mol. The van der Waals surface area contributed by atoms with Gasteiger partial charge in [0.25, 0.3) is 0 Å². The fourth-order valence-electron chi connectivity index (χ4n) is 2.35. The largest absolute Gasteiger partial charge is 0.496 e. The molecule has 4 nitrogen and oxygen atoms in total. The van der Waals surface area contributed by atoms with Gasteiger partial charge in [0, 0.05) is 17.5 Å². The summed E-state index contributed by atoms with van der Waals surface area (Å²) < 4.78 is 5.46. The molecule has 0 atom stereocenters. The second-order valence-corrected chi connectivity index (χ2v) is 5.26. The lowest BCUT2D eigenvalue weighted by Gasteiger charge is -2.29. The maximum absolute atomic E-state index is 10.9. The molecule has 0 aliphatic carbocycles. The number of hydrogen-bond donors (Lipinski definition) is 2. The predicted molar refractivity (Wildman–Crippen MR) is 73.1 cm³/mol. The summed E-state index contributed by atoms with van der Waals surface area (Å²) in [6, 6.07) is 3.62. The van der Waals surface area contributed by atoms with Crippen molar-refractivity contribution >= 4 is 6.03 Å². The molecule has 4 heteroatoms. The summed E-state index contributed by atoms with van der Waals surface area (Å²) in [5.41, 5.74) is 8.31. The molecule has 100 valence electrons. The fraction of sp³-hybridized carbons (Fsp3) is 0.500. The molecule has 0 fully saturated rings. The summed E-state index contributed by atoms with van der Waals surface area (Å²) in [6.45, 7) is 8.68. The van der Waals surface area contributed by atoms with Gasteiger partial charge in [-0.25, -0.2) is 4.79 Å². The van der Waals surface area contributed by atoms with Crippen molar-refractivity contribution in [1.29, 1.82) is 0 Å². The van der Waals surface area contributed by atoms with Gasteiger partial charge in [-0.3, -0.25) is 0 Å². The van der Waals surface area contributed by atoms with Gasteiger partial charge in [0.1, 0.15) is 5.75 Å². The summed E-state index contributed by atoms with van der Waals surface area (Å²) in [4.78, 5) is 10.9. The first-order valence-electron chi connectivity index (χ1n) is 5.97. The van der Waals surface area contributed by atoms with Crippen molar-refractivity contribution in [1.82, 2.24) is 5.32 Å². The third-order valence-electron chi connectivity index (χ3n) is 3.04. The van der Waals surface area contributed by atoms with Crippen LogP contribution in [0.15, 0.2) is 12.1 Å². The molecule has 0 saturated heterocycles. The molecular formula is C14H22N2O2. The number of hydrogen-bond acceptors (Lipinski definition) is 2. The Balaban J connectivity index is 3.17. The maximum Gasteiger partial charge on any atom is 0.312 e. The third-order valence-corrected chi connectivity index (χ3v) is 3.04. The highest BCUT2D eigenvalue weighted by Crippen LogP contribution is 2.35. The molecule has 1 aromatic rings. The van der Waals surface area contributed by atoms with Crippen molar-refractivity contribution in [3.63, 3.8) is 0 Å². The number of urea groups is 1. The summed E-state index contributed by atoms with van der Waals surface area (Å²) in [5.74, 6) is 0.851. The second-order valence-electron chi connectivity index (χ2n) is 5.26. The van der Waals surface area contributed by atoms with Crippen LogP contribution in [0, 0.1) is 13.8 Å². The van der Waals surface area contributed by atoms with Crippen molar-refractivity contribution in [2.75, 3.05) is 13.7 Å². The molecule has 0 aromatic heterocycles. The van der Waals surface area contributed by atoms with Crippen molar-refractivity contribution in [3.8, 4) is 5.75 Å². The van der Waals surface area contributed by atoms with Gasteiger partial charge in [-0.2, -0.15) is 0 Å². The van der Waals surface area contributed by atoms with E-state index in [9.17, 15) is 4.79 Å². The molecule has 1 aromatic carbocycles. The van der Waals surface area contributed by atoms with Crippen LogP contribution >= 0.6 is 0 Å². The molecule has 0 bridgehead atoms. The molecule has 2 amide bonds. The number of benzene rings is 1. The van der Waals surface area contributed by atoms with Gasteiger partial charge in [0.15, 0.2) is 0 Å². The van der Waals surface area contributed by atoms with Gasteiger partial charge in [0.05, 0.1) is 7.11 Å². The highest BCUT2D eigenvalue weighted by atomic mass is 16.5. The maximum atomic E-state index is 10.9. The van der Waals surface area contributed by atoms with Crippen LogP contribution in [-0.2, 0) is 5.41 Å². The normalized spacial score (nSPS) is 11.2. The summed E-state index contributed by atoms with van der Waals surface area (Å²) in [5, 5.41) is 2.66. The number of aryl methyl sites for hydroxylation is 2. The Labute approximate surface area is 109 Å². The highest BCUT2D eigenvalue weighted by Gasteiger charge is 2.27. The van der Waals surface area contributed by atoms with E-state index in [0.717, 1.165) is 22.4 Å². The first kappa shape index (κ1) is 14.4. The Kier molecular flexibility index (Phi) is 4.22. The minimum Gasteiger partial charge on any atom is -0.496 e. The van der Waals surface area contributed by atoms with E-state index < -0.39 is 6.03 Å². The van der Waals surface area contributed by atoms with E-state index in [1.54, 1.807) is 7.11 Å². The SMILES string of the molecule is COc1cc(C)cc(C)c1C(C)(C)CNC(N)=O. The minimum atomic E-state index is -0.508. The number of primary amides is 1. The Morgan fingerprint density at radius 2 is 2.00 bits per heavy atom. The molecule has 0 saturated carbocycles.